The molecule has 0 aliphatic carbocycles. The van der Waals surface area contributed by atoms with Gasteiger partial charge in [-0.2, -0.15) is 0 Å². The molecular formula is C4H10BClO3. The van der Waals surface area contributed by atoms with Crippen LogP contribution in [0.15, 0.2) is 0 Å². The highest BCUT2D eigenvalue weighted by Gasteiger charge is 2.18. The van der Waals surface area contributed by atoms with Gasteiger partial charge < -0.3 is 9.31 Å². The Morgan fingerprint density at radius 2 is 1.67 bits per heavy atom. The van der Waals surface area contributed by atoms with Crippen LogP contribution in [0.5, 0.6) is 0 Å². The van der Waals surface area contributed by atoms with E-state index in [4.69, 9.17) is 21.2 Å². The largest absolute Gasteiger partial charge is 0.656 e. The second kappa shape index (κ2) is 6.36. The van der Waals surface area contributed by atoms with Gasteiger partial charge in [0.1, 0.15) is 0 Å². The van der Waals surface area contributed by atoms with Crippen LogP contribution in [-0.4, -0.2) is 20.5 Å². The predicted octanol–water partition coefficient (Wildman–Crippen LogP) is 1.21. The Morgan fingerprint density at radius 1 is 1.22 bits per heavy atom. The Kier molecular flexibility index (Phi) is 6.52. The van der Waals surface area contributed by atoms with E-state index < -0.39 is 7.32 Å². The van der Waals surface area contributed by atoms with E-state index in [1.165, 1.54) is 0 Å². The number of rotatable bonds is 5. The summed E-state index contributed by atoms with van der Waals surface area (Å²) in [5, 5.41) is 0. The van der Waals surface area contributed by atoms with Gasteiger partial charge in [0.25, 0.3) is 0 Å². The predicted molar refractivity (Wildman–Crippen MR) is 35.9 cm³/mol. The molecular weight excluding hydrogens is 142 g/mol. The second-order valence-electron chi connectivity index (χ2n) is 1.29. The first-order valence-electron chi connectivity index (χ1n) is 2.85. The van der Waals surface area contributed by atoms with Crippen LogP contribution in [0, 0.1) is 0 Å². The minimum atomic E-state index is -0.721. The van der Waals surface area contributed by atoms with E-state index in [1.54, 1.807) is 0 Å². The van der Waals surface area contributed by atoms with Gasteiger partial charge in [-0.1, -0.05) is 0 Å². The van der Waals surface area contributed by atoms with Crippen molar-refractivity contribution in [3.8, 4) is 0 Å². The highest BCUT2D eigenvalue weighted by molar-refractivity contribution is 6.43. The van der Waals surface area contributed by atoms with E-state index in [2.05, 4.69) is 4.21 Å². The zero-order valence-electron chi connectivity index (χ0n) is 5.59. The Hall–Kier alpha value is 0.235. The van der Waals surface area contributed by atoms with Gasteiger partial charge in [0.15, 0.2) is 0 Å². The fourth-order valence-corrected chi connectivity index (χ4v) is 0.475. The molecule has 0 N–H and O–H groups in total. The maximum Gasteiger partial charge on any atom is 0.656 e. The number of hydrogen-bond acceptors (Lipinski definition) is 3. The average molecular weight is 152 g/mol. The summed E-state index contributed by atoms with van der Waals surface area (Å²) in [6, 6.07) is 0. The Balaban J connectivity index is 3.18. The molecule has 0 rings (SSSR count). The molecule has 9 heavy (non-hydrogen) atoms. The van der Waals surface area contributed by atoms with Gasteiger partial charge in [-0.15, -0.1) is 0 Å². The first kappa shape index (κ1) is 9.23. The standard InChI is InChI=1S/C4H10BClO3/c1-3-7-5(9-6)8-4-2/h3-4H2,1-2H3. The minimum absolute atomic E-state index is 0.525. The first-order chi connectivity index (χ1) is 4.35. The molecule has 0 aliphatic rings. The number of halogens is 1. The summed E-state index contributed by atoms with van der Waals surface area (Å²) in [5.41, 5.74) is 0. The van der Waals surface area contributed by atoms with Crippen molar-refractivity contribution >= 4 is 19.2 Å². The van der Waals surface area contributed by atoms with Gasteiger partial charge >= 0.3 is 7.32 Å². The van der Waals surface area contributed by atoms with Crippen molar-refractivity contribution in [3.05, 3.63) is 0 Å². The van der Waals surface area contributed by atoms with E-state index in [0.29, 0.717) is 13.2 Å². The van der Waals surface area contributed by atoms with Gasteiger partial charge in [0.05, 0.1) is 0 Å². The third-order valence-corrected chi connectivity index (χ3v) is 0.824. The average Bonchev–Trinajstić information content (AvgIpc) is 1.88. The van der Waals surface area contributed by atoms with Crippen LogP contribution in [0.25, 0.3) is 0 Å². The third-order valence-electron chi connectivity index (χ3n) is 0.678. The molecule has 0 heterocycles. The van der Waals surface area contributed by atoms with Gasteiger partial charge in [-0.25, -0.2) is 0 Å². The summed E-state index contributed by atoms with van der Waals surface area (Å²) in [5.74, 6) is 0. The van der Waals surface area contributed by atoms with Crippen molar-refractivity contribution in [1.82, 2.24) is 0 Å². The van der Waals surface area contributed by atoms with E-state index in [1.807, 2.05) is 13.8 Å². The lowest BCUT2D eigenvalue weighted by Gasteiger charge is -2.05. The Bertz CT molecular complexity index is 57.8. The van der Waals surface area contributed by atoms with Crippen LogP contribution in [0.3, 0.4) is 0 Å². The summed E-state index contributed by atoms with van der Waals surface area (Å²) in [4.78, 5) is 0. The summed E-state index contributed by atoms with van der Waals surface area (Å²) >= 11 is 4.98. The third kappa shape index (κ3) is 4.72. The van der Waals surface area contributed by atoms with Crippen molar-refractivity contribution in [3.63, 3.8) is 0 Å². The molecule has 0 saturated carbocycles. The number of hydrogen-bond donors (Lipinski definition) is 0. The molecule has 0 radical (unpaired) electrons. The van der Waals surface area contributed by atoms with Crippen LogP contribution < -0.4 is 0 Å². The van der Waals surface area contributed by atoms with Gasteiger partial charge in [-0.05, 0) is 13.8 Å². The van der Waals surface area contributed by atoms with E-state index in [-0.39, 0.29) is 0 Å². The molecule has 0 aliphatic heterocycles. The minimum Gasteiger partial charge on any atom is -0.385 e. The quantitative estimate of drug-likeness (QED) is 0.554. The van der Waals surface area contributed by atoms with Crippen molar-refractivity contribution in [2.24, 2.45) is 0 Å². The summed E-state index contributed by atoms with van der Waals surface area (Å²) in [7, 11) is -0.721. The molecule has 3 nitrogen and oxygen atoms in total. The molecule has 0 aromatic heterocycles. The smallest absolute Gasteiger partial charge is 0.385 e. The molecule has 0 spiro atoms. The zero-order valence-corrected chi connectivity index (χ0v) is 6.35. The molecule has 0 aromatic rings. The van der Waals surface area contributed by atoms with E-state index >= 15 is 0 Å². The van der Waals surface area contributed by atoms with E-state index in [9.17, 15) is 0 Å². The second-order valence-corrected chi connectivity index (χ2v) is 1.47. The van der Waals surface area contributed by atoms with Crippen LogP contribution in [0.1, 0.15) is 13.8 Å². The zero-order chi connectivity index (χ0) is 7.11. The van der Waals surface area contributed by atoms with Gasteiger partial charge in [0.2, 0.25) is 0 Å². The van der Waals surface area contributed by atoms with Crippen LogP contribution >= 0.6 is 11.9 Å². The molecule has 0 fully saturated rings. The highest BCUT2D eigenvalue weighted by atomic mass is 35.5. The fraction of sp³-hybridized carbons (Fsp3) is 1.00. The molecule has 5 heteroatoms. The molecule has 0 unspecified atom stereocenters. The monoisotopic (exact) mass is 152 g/mol. The van der Waals surface area contributed by atoms with Gasteiger partial charge in [0, 0.05) is 25.1 Å². The summed E-state index contributed by atoms with van der Waals surface area (Å²) < 4.78 is 14.0. The molecule has 0 saturated heterocycles. The Morgan fingerprint density at radius 3 is 1.89 bits per heavy atom. The first-order valence-corrected chi connectivity index (χ1v) is 3.16. The van der Waals surface area contributed by atoms with E-state index in [0.717, 1.165) is 0 Å². The SMILES string of the molecule is CCOB(OCl)OCC. The lowest BCUT2D eigenvalue weighted by atomic mass is 10.2. The van der Waals surface area contributed by atoms with Crippen molar-refractivity contribution in [1.29, 1.82) is 0 Å². The lowest BCUT2D eigenvalue weighted by molar-refractivity contribution is 0.157. The molecule has 0 bridgehead atoms. The van der Waals surface area contributed by atoms with Crippen molar-refractivity contribution in [2.75, 3.05) is 13.2 Å². The Labute approximate surface area is 60.6 Å². The van der Waals surface area contributed by atoms with Crippen LogP contribution in [-0.2, 0) is 13.5 Å². The van der Waals surface area contributed by atoms with Crippen LogP contribution in [0.2, 0.25) is 0 Å². The summed E-state index contributed by atoms with van der Waals surface area (Å²) in [6.45, 7) is 4.72. The molecule has 54 valence electrons. The van der Waals surface area contributed by atoms with Crippen LogP contribution in [0.4, 0.5) is 0 Å². The summed E-state index contributed by atoms with van der Waals surface area (Å²) in [6.07, 6.45) is 0. The van der Waals surface area contributed by atoms with Gasteiger partial charge in [-0.3, -0.25) is 4.21 Å². The molecule has 0 atom stereocenters. The topological polar surface area (TPSA) is 27.7 Å². The van der Waals surface area contributed by atoms with Crippen molar-refractivity contribution < 1.29 is 13.5 Å². The maximum atomic E-state index is 4.98. The normalized spacial score (nSPS) is 9.67. The van der Waals surface area contributed by atoms with Crippen molar-refractivity contribution in [2.45, 2.75) is 13.8 Å². The maximum absolute atomic E-state index is 4.98. The molecule has 0 aromatic carbocycles. The molecule has 0 amide bonds. The fourth-order valence-electron chi connectivity index (χ4n) is 0.372. The lowest BCUT2D eigenvalue weighted by Crippen LogP contribution is -2.23. The highest BCUT2D eigenvalue weighted by Crippen LogP contribution is 1.93.